The molecule has 0 bridgehead atoms. The third-order valence-electron chi connectivity index (χ3n) is 10.4. The van der Waals surface area contributed by atoms with Crippen LogP contribution < -0.4 is 4.90 Å². The van der Waals surface area contributed by atoms with Crippen LogP contribution in [0, 0.1) is 6.92 Å². The molecule has 0 aliphatic carbocycles. The summed E-state index contributed by atoms with van der Waals surface area (Å²) in [7, 11) is 0. The Morgan fingerprint density at radius 1 is 0.415 bits per heavy atom. The van der Waals surface area contributed by atoms with E-state index in [2.05, 4.69) is 163 Å². The van der Waals surface area contributed by atoms with E-state index < -0.39 is 0 Å². The van der Waals surface area contributed by atoms with Gasteiger partial charge in [0.1, 0.15) is 5.52 Å². The van der Waals surface area contributed by atoms with Gasteiger partial charge in [-0.25, -0.2) is 4.98 Å². The predicted molar refractivity (Wildman–Crippen MR) is 222 cm³/mol. The summed E-state index contributed by atoms with van der Waals surface area (Å²) in [6, 6.07) is 67.0. The lowest BCUT2D eigenvalue weighted by Gasteiger charge is -2.26. The molecule has 0 amide bonds. The average molecular weight is 679 g/mol. The van der Waals surface area contributed by atoms with Crippen molar-refractivity contribution < 1.29 is 4.42 Å². The molecule has 0 atom stereocenters. The molecule has 10 rings (SSSR count). The number of para-hydroxylation sites is 1. The molecule has 0 saturated heterocycles. The van der Waals surface area contributed by atoms with E-state index in [1.54, 1.807) is 0 Å². The molecule has 0 spiro atoms. The zero-order chi connectivity index (χ0) is 35.3. The maximum Gasteiger partial charge on any atom is 0.227 e. The average Bonchev–Trinajstić information content (AvgIpc) is 3.67. The molecule has 250 valence electrons. The minimum absolute atomic E-state index is 0.644. The van der Waals surface area contributed by atoms with E-state index in [9.17, 15) is 0 Å². The van der Waals surface area contributed by atoms with E-state index in [1.165, 1.54) is 49.4 Å². The molecule has 10 aromatic rings. The second-order valence-electron chi connectivity index (χ2n) is 13.7. The number of aromatic nitrogens is 1. The van der Waals surface area contributed by atoms with Crippen molar-refractivity contribution in [2.45, 2.75) is 6.92 Å². The fourth-order valence-corrected chi connectivity index (χ4v) is 7.73. The van der Waals surface area contributed by atoms with Gasteiger partial charge in [0.05, 0.1) is 0 Å². The van der Waals surface area contributed by atoms with Crippen LogP contribution in [0.15, 0.2) is 192 Å². The summed E-state index contributed by atoms with van der Waals surface area (Å²) in [4.78, 5) is 7.24. The minimum Gasteiger partial charge on any atom is -0.436 e. The second kappa shape index (κ2) is 12.7. The molecular weight excluding hydrogens is 645 g/mol. The lowest BCUT2D eigenvalue weighted by Crippen LogP contribution is -2.09. The first-order valence-corrected chi connectivity index (χ1v) is 18.0. The summed E-state index contributed by atoms with van der Waals surface area (Å²) in [6.07, 6.45) is 0. The van der Waals surface area contributed by atoms with E-state index in [-0.39, 0.29) is 0 Å². The van der Waals surface area contributed by atoms with Crippen LogP contribution in [0.3, 0.4) is 0 Å². The Morgan fingerprint density at radius 3 is 1.92 bits per heavy atom. The summed E-state index contributed by atoms with van der Waals surface area (Å²) in [5.41, 5.74) is 12.1. The quantitative estimate of drug-likeness (QED) is 0.175. The van der Waals surface area contributed by atoms with Crippen molar-refractivity contribution in [2.75, 3.05) is 4.90 Å². The van der Waals surface area contributed by atoms with Gasteiger partial charge in [-0.2, -0.15) is 0 Å². The number of hydrogen-bond donors (Lipinski definition) is 0. The Hall–Kier alpha value is -6.97. The van der Waals surface area contributed by atoms with Crippen LogP contribution in [0.4, 0.5) is 17.1 Å². The molecule has 1 aromatic heterocycles. The fraction of sp³-hybridized carbons (Fsp3) is 0.0200. The van der Waals surface area contributed by atoms with Gasteiger partial charge in [0, 0.05) is 28.0 Å². The zero-order valence-corrected chi connectivity index (χ0v) is 29.2. The van der Waals surface area contributed by atoms with Crippen molar-refractivity contribution in [1.82, 2.24) is 4.98 Å². The third kappa shape index (κ3) is 5.51. The molecule has 0 unspecified atom stereocenters. The Balaban J connectivity index is 1.01. The SMILES string of the molecule is Cc1cc(-c2ccc3c(ccc4oc(-c5ccccc5)nc43)c2)cc2ccc(N(c3ccccc3)c3ccc(-c4cccc5ccccc45)cc3)cc12. The monoisotopic (exact) mass is 678 g/mol. The number of benzene rings is 9. The Labute approximate surface area is 308 Å². The largest absolute Gasteiger partial charge is 0.436 e. The van der Waals surface area contributed by atoms with Gasteiger partial charge in [0.2, 0.25) is 5.89 Å². The van der Waals surface area contributed by atoms with Gasteiger partial charge in [0.25, 0.3) is 0 Å². The Bertz CT molecular complexity index is 2940. The van der Waals surface area contributed by atoms with E-state index in [1.807, 2.05) is 36.4 Å². The molecule has 53 heavy (non-hydrogen) atoms. The van der Waals surface area contributed by atoms with Gasteiger partial charge in [-0.1, -0.05) is 121 Å². The van der Waals surface area contributed by atoms with Gasteiger partial charge in [0.15, 0.2) is 5.58 Å². The first-order chi connectivity index (χ1) is 26.2. The van der Waals surface area contributed by atoms with Crippen LogP contribution in [0.5, 0.6) is 0 Å². The van der Waals surface area contributed by atoms with E-state index >= 15 is 0 Å². The maximum atomic E-state index is 6.15. The zero-order valence-electron chi connectivity index (χ0n) is 29.2. The van der Waals surface area contributed by atoms with Crippen molar-refractivity contribution in [1.29, 1.82) is 0 Å². The molecule has 0 aliphatic heterocycles. The number of fused-ring (bicyclic) bond motifs is 5. The topological polar surface area (TPSA) is 29.3 Å². The minimum atomic E-state index is 0.644. The molecule has 3 heteroatoms. The van der Waals surface area contributed by atoms with Gasteiger partial charge in [-0.05, 0) is 128 Å². The van der Waals surface area contributed by atoms with Crippen LogP contribution in [0.2, 0.25) is 0 Å². The van der Waals surface area contributed by atoms with Crippen LogP contribution in [0.1, 0.15) is 5.56 Å². The Kier molecular flexibility index (Phi) is 7.36. The molecule has 3 nitrogen and oxygen atoms in total. The molecule has 1 heterocycles. The van der Waals surface area contributed by atoms with Gasteiger partial charge < -0.3 is 9.32 Å². The molecule has 0 N–H and O–H groups in total. The van der Waals surface area contributed by atoms with Crippen LogP contribution in [-0.4, -0.2) is 4.98 Å². The first-order valence-electron chi connectivity index (χ1n) is 18.0. The number of hydrogen-bond acceptors (Lipinski definition) is 3. The molecule has 9 aromatic carbocycles. The third-order valence-corrected chi connectivity index (χ3v) is 10.4. The molecule has 0 saturated carbocycles. The van der Waals surface area contributed by atoms with Crippen LogP contribution in [-0.2, 0) is 0 Å². The van der Waals surface area contributed by atoms with Crippen molar-refractivity contribution in [3.05, 3.63) is 194 Å². The maximum absolute atomic E-state index is 6.15. The molecule has 0 radical (unpaired) electrons. The highest BCUT2D eigenvalue weighted by molar-refractivity contribution is 6.06. The van der Waals surface area contributed by atoms with E-state index in [0.717, 1.165) is 44.5 Å². The van der Waals surface area contributed by atoms with Crippen LogP contribution in [0.25, 0.3) is 77.1 Å². The summed E-state index contributed by atoms with van der Waals surface area (Å²) >= 11 is 0. The van der Waals surface area contributed by atoms with Crippen molar-refractivity contribution in [3.8, 4) is 33.7 Å². The van der Waals surface area contributed by atoms with Crippen molar-refractivity contribution in [2.24, 2.45) is 0 Å². The van der Waals surface area contributed by atoms with E-state index in [0.29, 0.717) is 5.89 Å². The standard InChI is InChI=1S/C50H34N2O/c1-33-29-40(37-22-27-46-38(30-37)23-28-48-49(46)51-50(53-48)36-12-4-2-5-13-36)31-39-21-26-43(32-47(33)39)52(41-15-6-3-7-16-41)42-24-19-35(20-25-42)45-18-10-14-34-11-8-9-17-44(34)45/h2-32H,1H3. The highest BCUT2D eigenvalue weighted by Gasteiger charge is 2.16. The molecular formula is C50H34N2O. The second-order valence-corrected chi connectivity index (χ2v) is 13.7. The summed E-state index contributed by atoms with van der Waals surface area (Å²) in [6.45, 7) is 2.21. The number of nitrogens with zero attached hydrogens (tertiary/aromatic N) is 2. The summed E-state index contributed by atoms with van der Waals surface area (Å²) in [5.74, 6) is 0.644. The fourth-order valence-electron chi connectivity index (χ4n) is 7.73. The number of oxazole rings is 1. The summed E-state index contributed by atoms with van der Waals surface area (Å²) < 4.78 is 6.15. The molecule has 0 fully saturated rings. The van der Waals surface area contributed by atoms with Gasteiger partial charge >= 0.3 is 0 Å². The normalized spacial score (nSPS) is 11.5. The molecule has 0 aliphatic rings. The van der Waals surface area contributed by atoms with Crippen LogP contribution >= 0.6 is 0 Å². The Morgan fingerprint density at radius 2 is 1.08 bits per heavy atom. The number of anilines is 3. The highest BCUT2D eigenvalue weighted by Crippen LogP contribution is 2.40. The summed E-state index contributed by atoms with van der Waals surface area (Å²) in [5, 5.41) is 7.19. The van der Waals surface area contributed by atoms with Crippen molar-refractivity contribution >= 4 is 60.5 Å². The number of rotatable bonds is 6. The lowest BCUT2D eigenvalue weighted by atomic mass is 9.95. The predicted octanol–water partition coefficient (Wildman–Crippen LogP) is 14.1. The smallest absolute Gasteiger partial charge is 0.227 e. The highest BCUT2D eigenvalue weighted by atomic mass is 16.3. The number of aryl methyl sites for hydroxylation is 1. The van der Waals surface area contributed by atoms with Crippen molar-refractivity contribution in [3.63, 3.8) is 0 Å². The first kappa shape index (κ1) is 30.8. The van der Waals surface area contributed by atoms with E-state index in [4.69, 9.17) is 9.40 Å². The van der Waals surface area contributed by atoms with Gasteiger partial charge in [-0.3, -0.25) is 0 Å². The van der Waals surface area contributed by atoms with Gasteiger partial charge in [-0.15, -0.1) is 0 Å². The lowest BCUT2D eigenvalue weighted by molar-refractivity contribution is 0.620.